The van der Waals surface area contributed by atoms with Gasteiger partial charge in [0.15, 0.2) is 0 Å². The highest BCUT2D eigenvalue weighted by Crippen LogP contribution is 2.27. The fourth-order valence-corrected chi connectivity index (χ4v) is 1.88. The highest BCUT2D eigenvalue weighted by molar-refractivity contribution is 9.10. The standard InChI is InChI=1S/C14H13BrN2O2/c1-19-11-7-8-12(15)13(9-11)17-14(18)16-10-5-3-2-4-6-10/h2-9H,1H3,(H2,16,17,18). The monoisotopic (exact) mass is 320 g/mol. The Morgan fingerprint density at radius 3 is 2.53 bits per heavy atom. The molecule has 0 aliphatic carbocycles. The molecule has 0 fully saturated rings. The van der Waals surface area contributed by atoms with E-state index in [1.807, 2.05) is 42.5 Å². The number of amides is 2. The normalized spacial score (nSPS) is 9.79. The Morgan fingerprint density at radius 2 is 1.84 bits per heavy atom. The maximum atomic E-state index is 11.8. The highest BCUT2D eigenvalue weighted by atomic mass is 79.9. The average molecular weight is 321 g/mol. The van der Waals surface area contributed by atoms with Gasteiger partial charge in [0, 0.05) is 16.2 Å². The van der Waals surface area contributed by atoms with E-state index in [0.717, 1.165) is 10.2 Å². The molecule has 0 radical (unpaired) electrons. The fourth-order valence-electron chi connectivity index (χ4n) is 1.53. The molecule has 0 aliphatic rings. The number of nitrogens with one attached hydrogen (secondary N) is 2. The summed E-state index contributed by atoms with van der Waals surface area (Å²) in [6, 6.07) is 14.3. The largest absolute Gasteiger partial charge is 0.497 e. The van der Waals surface area contributed by atoms with E-state index >= 15 is 0 Å². The molecule has 2 amide bonds. The van der Waals surface area contributed by atoms with Gasteiger partial charge in [-0.3, -0.25) is 0 Å². The van der Waals surface area contributed by atoms with Crippen molar-refractivity contribution in [3.05, 3.63) is 53.0 Å². The van der Waals surface area contributed by atoms with Crippen molar-refractivity contribution in [3.63, 3.8) is 0 Å². The minimum atomic E-state index is -0.305. The number of halogens is 1. The molecular weight excluding hydrogens is 308 g/mol. The summed E-state index contributed by atoms with van der Waals surface area (Å²) in [5, 5.41) is 5.50. The lowest BCUT2D eigenvalue weighted by molar-refractivity contribution is 0.262. The van der Waals surface area contributed by atoms with Crippen LogP contribution in [-0.2, 0) is 0 Å². The van der Waals surface area contributed by atoms with E-state index in [2.05, 4.69) is 26.6 Å². The molecule has 4 nitrogen and oxygen atoms in total. The van der Waals surface area contributed by atoms with E-state index in [9.17, 15) is 4.79 Å². The van der Waals surface area contributed by atoms with Crippen LogP contribution in [0.5, 0.6) is 5.75 Å². The third-order valence-corrected chi connectivity index (χ3v) is 3.14. The van der Waals surface area contributed by atoms with E-state index in [-0.39, 0.29) is 6.03 Å². The number of methoxy groups -OCH3 is 1. The van der Waals surface area contributed by atoms with Crippen LogP contribution in [0.4, 0.5) is 16.2 Å². The fraction of sp³-hybridized carbons (Fsp3) is 0.0714. The summed E-state index contributed by atoms with van der Waals surface area (Å²) in [6.07, 6.45) is 0. The van der Waals surface area contributed by atoms with Gasteiger partial charge in [0.05, 0.1) is 12.8 Å². The number of anilines is 2. The maximum absolute atomic E-state index is 11.8. The minimum absolute atomic E-state index is 0.305. The van der Waals surface area contributed by atoms with Crippen molar-refractivity contribution >= 4 is 33.3 Å². The first-order valence-electron chi connectivity index (χ1n) is 5.65. The summed E-state index contributed by atoms with van der Waals surface area (Å²) in [7, 11) is 1.58. The molecule has 5 heteroatoms. The highest BCUT2D eigenvalue weighted by Gasteiger charge is 2.06. The number of para-hydroxylation sites is 1. The number of urea groups is 1. The Bertz CT molecular complexity index is 573. The second-order valence-corrected chi connectivity index (χ2v) is 4.65. The van der Waals surface area contributed by atoms with Crippen molar-refractivity contribution in [2.24, 2.45) is 0 Å². The average Bonchev–Trinajstić information content (AvgIpc) is 2.42. The Morgan fingerprint density at radius 1 is 1.11 bits per heavy atom. The van der Waals surface area contributed by atoms with Gasteiger partial charge in [-0.05, 0) is 40.2 Å². The molecule has 0 aromatic heterocycles. The molecule has 0 bridgehead atoms. The van der Waals surface area contributed by atoms with Crippen molar-refractivity contribution in [1.29, 1.82) is 0 Å². The molecule has 0 aliphatic heterocycles. The van der Waals surface area contributed by atoms with Crippen LogP contribution in [0.15, 0.2) is 53.0 Å². The second-order valence-electron chi connectivity index (χ2n) is 3.79. The second kappa shape index (κ2) is 6.24. The van der Waals surface area contributed by atoms with Crippen LogP contribution in [0.2, 0.25) is 0 Å². The number of carbonyl (C=O) groups is 1. The topological polar surface area (TPSA) is 50.4 Å². The van der Waals surface area contributed by atoms with Gasteiger partial charge in [0.1, 0.15) is 5.75 Å². The van der Waals surface area contributed by atoms with E-state index in [0.29, 0.717) is 11.4 Å². The van der Waals surface area contributed by atoms with Gasteiger partial charge < -0.3 is 15.4 Å². The van der Waals surface area contributed by atoms with Crippen LogP contribution in [0.25, 0.3) is 0 Å². The van der Waals surface area contributed by atoms with Gasteiger partial charge >= 0.3 is 6.03 Å². The smallest absolute Gasteiger partial charge is 0.323 e. The summed E-state index contributed by atoms with van der Waals surface area (Å²) in [5.74, 6) is 0.679. The van der Waals surface area contributed by atoms with Crippen molar-refractivity contribution in [3.8, 4) is 5.75 Å². The molecule has 2 rings (SSSR count). The van der Waals surface area contributed by atoms with Crippen molar-refractivity contribution in [2.75, 3.05) is 17.7 Å². The minimum Gasteiger partial charge on any atom is -0.497 e. The first kappa shape index (κ1) is 13.4. The van der Waals surface area contributed by atoms with E-state index in [1.165, 1.54) is 0 Å². The predicted molar refractivity (Wildman–Crippen MR) is 79.8 cm³/mol. The lowest BCUT2D eigenvalue weighted by atomic mass is 10.3. The molecule has 0 saturated heterocycles. The van der Waals surface area contributed by atoms with E-state index < -0.39 is 0 Å². The molecular formula is C14H13BrN2O2. The molecule has 2 aromatic rings. The molecule has 19 heavy (non-hydrogen) atoms. The Labute approximate surface area is 119 Å². The predicted octanol–water partition coefficient (Wildman–Crippen LogP) is 4.10. The van der Waals surface area contributed by atoms with Crippen molar-refractivity contribution in [1.82, 2.24) is 0 Å². The molecule has 0 heterocycles. The number of ether oxygens (including phenoxy) is 1. The zero-order valence-corrected chi connectivity index (χ0v) is 11.9. The Hall–Kier alpha value is -2.01. The van der Waals surface area contributed by atoms with Crippen LogP contribution in [0.1, 0.15) is 0 Å². The van der Waals surface area contributed by atoms with Crippen molar-refractivity contribution in [2.45, 2.75) is 0 Å². The molecule has 2 aromatic carbocycles. The SMILES string of the molecule is COc1ccc(Br)c(NC(=O)Nc2ccccc2)c1. The van der Waals surface area contributed by atoms with E-state index in [1.54, 1.807) is 13.2 Å². The van der Waals surface area contributed by atoms with Crippen LogP contribution in [0, 0.1) is 0 Å². The van der Waals surface area contributed by atoms with Crippen LogP contribution in [-0.4, -0.2) is 13.1 Å². The van der Waals surface area contributed by atoms with Crippen LogP contribution < -0.4 is 15.4 Å². The first-order chi connectivity index (χ1) is 9.19. The number of benzene rings is 2. The third kappa shape index (κ3) is 3.72. The summed E-state index contributed by atoms with van der Waals surface area (Å²) >= 11 is 3.38. The molecule has 0 saturated carbocycles. The number of rotatable bonds is 3. The summed E-state index contributed by atoms with van der Waals surface area (Å²) in [5.41, 5.74) is 1.38. The van der Waals surface area contributed by atoms with Gasteiger partial charge in [-0.1, -0.05) is 18.2 Å². The number of carbonyl (C=O) groups excluding carboxylic acids is 1. The number of hydrogen-bond acceptors (Lipinski definition) is 2. The quantitative estimate of drug-likeness (QED) is 0.894. The summed E-state index contributed by atoms with van der Waals surface area (Å²) < 4.78 is 5.91. The lowest BCUT2D eigenvalue weighted by Gasteiger charge is -2.10. The van der Waals surface area contributed by atoms with Crippen LogP contribution >= 0.6 is 15.9 Å². The Balaban J connectivity index is 2.06. The van der Waals surface area contributed by atoms with Crippen molar-refractivity contribution < 1.29 is 9.53 Å². The maximum Gasteiger partial charge on any atom is 0.323 e. The van der Waals surface area contributed by atoms with Gasteiger partial charge in [0.2, 0.25) is 0 Å². The van der Waals surface area contributed by atoms with Gasteiger partial charge in [-0.25, -0.2) is 4.79 Å². The van der Waals surface area contributed by atoms with Crippen LogP contribution in [0.3, 0.4) is 0 Å². The summed E-state index contributed by atoms with van der Waals surface area (Å²) in [6.45, 7) is 0. The third-order valence-electron chi connectivity index (χ3n) is 2.45. The molecule has 0 atom stereocenters. The molecule has 98 valence electrons. The summed E-state index contributed by atoms with van der Waals surface area (Å²) in [4.78, 5) is 11.8. The van der Waals surface area contributed by atoms with E-state index in [4.69, 9.17) is 4.74 Å². The van der Waals surface area contributed by atoms with Gasteiger partial charge in [0.25, 0.3) is 0 Å². The van der Waals surface area contributed by atoms with Gasteiger partial charge in [-0.2, -0.15) is 0 Å². The van der Waals surface area contributed by atoms with Gasteiger partial charge in [-0.15, -0.1) is 0 Å². The molecule has 0 unspecified atom stereocenters. The zero-order valence-electron chi connectivity index (χ0n) is 10.3. The first-order valence-corrected chi connectivity index (χ1v) is 6.45. The Kier molecular flexibility index (Phi) is 4.41. The lowest BCUT2D eigenvalue weighted by Crippen LogP contribution is -2.19. The number of hydrogen-bond donors (Lipinski definition) is 2. The molecule has 0 spiro atoms. The zero-order chi connectivity index (χ0) is 13.7. The molecule has 2 N–H and O–H groups in total.